The monoisotopic (exact) mass is 479 g/mol. The summed E-state index contributed by atoms with van der Waals surface area (Å²) in [5.74, 6) is -0.178. The summed E-state index contributed by atoms with van der Waals surface area (Å²) in [6, 6.07) is 1.79. The zero-order valence-electron chi connectivity index (χ0n) is 18.1. The van der Waals surface area contributed by atoms with Crippen LogP contribution in [0.2, 0.25) is 0 Å². The summed E-state index contributed by atoms with van der Waals surface area (Å²) in [7, 11) is -3.19. The third-order valence-corrected chi connectivity index (χ3v) is 9.58. The van der Waals surface area contributed by atoms with E-state index in [0.717, 1.165) is 36.9 Å². The smallest absolute Gasteiger partial charge is 0.255 e. The number of piperidine rings is 1. The van der Waals surface area contributed by atoms with Crippen LogP contribution in [0.3, 0.4) is 0 Å². The second-order valence-corrected chi connectivity index (χ2v) is 11.8. The molecule has 2 fully saturated rings. The summed E-state index contributed by atoms with van der Waals surface area (Å²) in [6.07, 6.45) is 6.39. The van der Waals surface area contributed by atoms with Crippen molar-refractivity contribution in [2.45, 2.75) is 50.6 Å². The van der Waals surface area contributed by atoms with Gasteiger partial charge in [-0.05, 0) is 38.2 Å². The Kier molecular flexibility index (Phi) is 5.25. The summed E-state index contributed by atoms with van der Waals surface area (Å²) >= 11 is 1.46. The Morgan fingerprint density at radius 2 is 2.06 bits per heavy atom. The van der Waals surface area contributed by atoms with E-state index in [-0.39, 0.29) is 23.2 Å². The zero-order valence-corrected chi connectivity index (χ0v) is 19.7. The van der Waals surface area contributed by atoms with Gasteiger partial charge in [0.1, 0.15) is 5.69 Å². The normalized spacial score (nSPS) is 24.1. The number of anilines is 1. The van der Waals surface area contributed by atoms with Gasteiger partial charge in [-0.2, -0.15) is 0 Å². The number of nitrogens with zero attached hydrogens (tertiary/aromatic N) is 4. The van der Waals surface area contributed by atoms with Crippen molar-refractivity contribution in [2.24, 2.45) is 0 Å². The van der Waals surface area contributed by atoms with Crippen molar-refractivity contribution in [1.29, 1.82) is 0 Å². The van der Waals surface area contributed by atoms with E-state index in [9.17, 15) is 17.6 Å². The van der Waals surface area contributed by atoms with Crippen LogP contribution < -0.4 is 5.32 Å². The first-order valence-corrected chi connectivity index (χ1v) is 13.6. The van der Waals surface area contributed by atoms with E-state index in [1.165, 1.54) is 21.9 Å². The quantitative estimate of drug-likeness (QED) is 0.708. The predicted molar refractivity (Wildman–Crippen MR) is 121 cm³/mol. The maximum absolute atomic E-state index is 14.7. The predicted octanol–water partition coefficient (Wildman–Crippen LogP) is 3.04. The molecule has 0 aliphatic carbocycles. The maximum atomic E-state index is 14.7. The lowest BCUT2D eigenvalue weighted by molar-refractivity contribution is 0.0656. The van der Waals surface area contributed by atoms with Gasteiger partial charge in [-0.25, -0.2) is 27.1 Å². The van der Waals surface area contributed by atoms with E-state index in [0.29, 0.717) is 42.3 Å². The van der Waals surface area contributed by atoms with Gasteiger partial charge in [0.25, 0.3) is 5.91 Å². The molecule has 8 nitrogen and oxygen atoms in total. The number of carbonyl (C=O) groups excluding carboxylic acids is 1. The highest BCUT2D eigenvalue weighted by atomic mass is 32.2. The minimum Gasteiger partial charge on any atom is -0.351 e. The molecule has 1 amide bonds. The van der Waals surface area contributed by atoms with Crippen LogP contribution in [-0.2, 0) is 15.6 Å². The maximum Gasteiger partial charge on any atom is 0.255 e. The van der Waals surface area contributed by atoms with E-state index in [2.05, 4.69) is 22.2 Å². The fraction of sp³-hybridized carbons (Fsp3) is 0.571. The van der Waals surface area contributed by atoms with Gasteiger partial charge in [-0.15, -0.1) is 11.3 Å². The van der Waals surface area contributed by atoms with Gasteiger partial charge in [0.2, 0.25) is 16.0 Å². The van der Waals surface area contributed by atoms with Crippen LogP contribution in [0, 0.1) is 5.82 Å². The van der Waals surface area contributed by atoms with E-state index >= 15 is 0 Å². The summed E-state index contributed by atoms with van der Waals surface area (Å²) in [4.78, 5) is 25.1. The van der Waals surface area contributed by atoms with Gasteiger partial charge >= 0.3 is 0 Å². The molecule has 172 valence electrons. The largest absolute Gasteiger partial charge is 0.351 e. The lowest BCUT2D eigenvalue weighted by Crippen LogP contribution is -2.42. The van der Waals surface area contributed by atoms with Crippen molar-refractivity contribution in [2.75, 3.05) is 31.2 Å². The van der Waals surface area contributed by atoms with Crippen LogP contribution in [0.5, 0.6) is 0 Å². The van der Waals surface area contributed by atoms with E-state index in [4.69, 9.17) is 0 Å². The molecule has 1 atom stereocenters. The molecule has 2 aromatic rings. The average molecular weight is 480 g/mol. The van der Waals surface area contributed by atoms with Crippen LogP contribution >= 0.6 is 11.3 Å². The number of aromatic nitrogens is 2. The lowest BCUT2D eigenvalue weighted by atomic mass is 9.92. The Morgan fingerprint density at radius 1 is 1.31 bits per heavy atom. The second-order valence-electron chi connectivity index (χ2n) is 8.77. The Hall–Kier alpha value is -2.11. The fourth-order valence-electron chi connectivity index (χ4n) is 5.22. The van der Waals surface area contributed by atoms with E-state index in [1.54, 1.807) is 6.07 Å². The number of sulfonamides is 1. The molecule has 2 aromatic heterocycles. The number of thiophene rings is 1. The van der Waals surface area contributed by atoms with Crippen LogP contribution in [0.15, 0.2) is 12.3 Å². The molecule has 0 saturated carbocycles. The molecule has 3 aliphatic rings. The number of halogens is 1. The Balaban J connectivity index is 1.39. The third kappa shape index (κ3) is 3.41. The molecule has 5 rings (SSSR count). The van der Waals surface area contributed by atoms with Crippen LogP contribution in [-0.4, -0.2) is 65.4 Å². The molecule has 0 bridgehead atoms. The number of fused-ring (bicyclic) bond motifs is 3. The van der Waals surface area contributed by atoms with Gasteiger partial charge in [0.05, 0.1) is 28.4 Å². The molecule has 11 heteroatoms. The molecule has 0 aromatic carbocycles. The summed E-state index contributed by atoms with van der Waals surface area (Å²) in [5.41, 5.74) is 0.610. The average Bonchev–Trinajstić information content (AvgIpc) is 3.43. The molecule has 32 heavy (non-hydrogen) atoms. The minimum atomic E-state index is -3.19. The van der Waals surface area contributed by atoms with Gasteiger partial charge in [-0.1, -0.05) is 6.92 Å². The summed E-state index contributed by atoms with van der Waals surface area (Å²) in [5, 5.41) is 3.22. The number of hydrogen-bond acceptors (Lipinski definition) is 7. The van der Waals surface area contributed by atoms with Crippen molar-refractivity contribution >= 4 is 33.2 Å². The van der Waals surface area contributed by atoms with E-state index in [1.807, 2.05) is 4.90 Å². The highest BCUT2D eigenvalue weighted by Gasteiger charge is 2.52. The molecular formula is C21H26FN5O3S2. The second kappa shape index (κ2) is 7.74. The van der Waals surface area contributed by atoms with Gasteiger partial charge in [0.15, 0.2) is 5.82 Å². The summed E-state index contributed by atoms with van der Waals surface area (Å²) in [6.45, 7) is 3.74. The molecule has 1 unspecified atom stereocenters. The van der Waals surface area contributed by atoms with Gasteiger partial charge < -0.3 is 10.2 Å². The molecule has 2 saturated heterocycles. The Morgan fingerprint density at radius 3 is 2.75 bits per heavy atom. The van der Waals surface area contributed by atoms with Crippen molar-refractivity contribution in [3.8, 4) is 10.6 Å². The third-order valence-electron chi connectivity index (χ3n) is 6.94. The van der Waals surface area contributed by atoms with Crippen molar-refractivity contribution in [3.63, 3.8) is 0 Å². The number of hydrogen-bond donors (Lipinski definition) is 1. The first kappa shape index (κ1) is 21.7. The lowest BCUT2D eigenvalue weighted by Gasteiger charge is -2.31. The molecule has 1 N–H and O–H groups in total. The Labute approximate surface area is 190 Å². The highest BCUT2D eigenvalue weighted by Crippen LogP contribution is 2.53. The molecule has 0 spiro atoms. The number of amides is 1. The van der Waals surface area contributed by atoms with Gasteiger partial charge in [-0.3, -0.25) is 4.79 Å². The van der Waals surface area contributed by atoms with Crippen molar-refractivity contribution in [1.82, 2.24) is 19.2 Å². The fourth-order valence-corrected chi connectivity index (χ4v) is 7.53. The van der Waals surface area contributed by atoms with E-state index < -0.39 is 15.8 Å². The van der Waals surface area contributed by atoms with Crippen molar-refractivity contribution in [3.05, 3.63) is 28.5 Å². The van der Waals surface area contributed by atoms with Crippen LogP contribution in [0.4, 0.5) is 10.3 Å². The topological polar surface area (TPSA) is 95.5 Å². The minimum absolute atomic E-state index is 0.0108. The molecular weight excluding hydrogens is 453 g/mol. The highest BCUT2D eigenvalue weighted by molar-refractivity contribution is 7.88. The SMILES string of the molecule is CCC12CCCN1C(=O)c1cc(-c3nc(NC4CCN(S(C)(=O)=O)CC4)ncc3F)sc12. The van der Waals surface area contributed by atoms with Crippen LogP contribution in [0.1, 0.15) is 54.3 Å². The first-order chi connectivity index (χ1) is 15.2. The first-order valence-electron chi connectivity index (χ1n) is 10.9. The standard InChI is InChI=1S/C21H26FN5O3S2/c1-3-21-7-4-8-27(21)19(28)14-11-16(31-18(14)21)17-15(22)12-23-20(25-17)24-13-5-9-26(10-6-13)32(2,29)30/h11-13H,3-10H2,1-2H3,(H,23,24,25). The Bertz CT molecular complexity index is 1180. The number of rotatable bonds is 5. The van der Waals surface area contributed by atoms with Crippen LogP contribution in [0.25, 0.3) is 10.6 Å². The molecule has 3 aliphatic heterocycles. The molecule has 5 heterocycles. The number of carbonyl (C=O) groups is 1. The number of nitrogens with one attached hydrogen (secondary N) is 1. The summed E-state index contributed by atoms with van der Waals surface area (Å²) < 4.78 is 39.6. The molecule has 0 radical (unpaired) electrons. The van der Waals surface area contributed by atoms with Gasteiger partial charge in [0, 0.05) is 30.6 Å². The van der Waals surface area contributed by atoms with Crippen molar-refractivity contribution < 1.29 is 17.6 Å². The zero-order chi connectivity index (χ0) is 22.7.